The number of aryl methyl sites for hydroxylation is 1. The molecule has 0 aromatic carbocycles. The lowest BCUT2D eigenvalue weighted by Crippen LogP contribution is -2.29. The Morgan fingerprint density at radius 2 is 2.26 bits per heavy atom. The number of hydrogen-bond acceptors (Lipinski definition) is 6. The zero-order valence-corrected chi connectivity index (χ0v) is 13.8. The SMILES string of the molecule is COC[C@@H]1CN(S(=O)(=O)c2cccnc2)C[C@H]1c1n[nH]c(C)n1. The highest BCUT2D eigenvalue weighted by atomic mass is 32.2. The molecule has 0 amide bonds. The molecule has 3 rings (SSSR count). The minimum Gasteiger partial charge on any atom is -0.384 e. The molecule has 2 aromatic rings. The van der Waals surface area contributed by atoms with Gasteiger partial charge in [0.1, 0.15) is 10.7 Å². The summed E-state index contributed by atoms with van der Waals surface area (Å²) in [6.45, 7) is 2.99. The molecule has 8 nitrogen and oxygen atoms in total. The minimum atomic E-state index is -3.57. The molecule has 9 heteroatoms. The van der Waals surface area contributed by atoms with E-state index in [4.69, 9.17) is 4.74 Å². The molecule has 1 aliphatic rings. The Bertz CT molecular complexity index is 762. The fraction of sp³-hybridized carbons (Fsp3) is 0.500. The normalized spacial score (nSPS) is 22.5. The van der Waals surface area contributed by atoms with Crippen LogP contribution in [0, 0.1) is 12.8 Å². The summed E-state index contributed by atoms with van der Waals surface area (Å²) >= 11 is 0. The van der Waals surface area contributed by atoms with Crippen LogP contribution in [0.3, 0.4) is 0 Å². The van der Waals surface area contributed by atoms with Crippen LogP contribution in [0.1, 0.15) is 17.6 Å². The zero-order chi connectivity index (χ0) is 16.4. The van der Waals surface area contributed by atoms with Gasteiger partial charge in [-0.05, 0) is 19.1 Å². The van der Waals surface area contributed by atoms with Gasteiger partial charge in [0.15, 0.2) is 5.82 Å². The van der Waals surface area contributed by atoms with Crippen LogP contribution in [0.4, 0.5) is 0 Å². The molecule has 0 bridgehead atoms. The number of methoxy groups -OCH3 is 1. The molecule has 1 saturated heterocycles. The van der Waals surface area contributed by atoms with Crippen molar-refractivity contribution in [2.75, 3.05) is 26.8 Å². The number of pyridine rings is 1. The maximum atomic E-state index is 12.8. The van der Waals surface area contributed by atoms with Gasteiger partial charge in [0.25, 0.3) is 0 Å². The Balaban J connectivity index is 1.88. The fourth-order valence-electron chi connectivity index (χ4n) is 2.88. The Labute approximate surface area is 135 Å². The summed E-state index contributed by atoms with van der Waals surface area (Å²) < 4.78 is 32.2. The molecule has 1 fully saturated rings. The molecule has 0 unspecified atom stereocenters. The predicted molar refractivity (Wildman–Crippen MR) is 82.2 cm³/mol. The first-order valence-corrected chi connectivity index (χ1v) is 8.74. The second-order valence-electron chi connectivity index (χ2n) is 5.61. The molecule has 0 radical (unpaired) electrons. The van der Waals surface area contributed by atoms with Crippen molar-refractivity contribution in [1.82, 2.24) is 24.5 Å². The molecule has 1 N–H and O–H groups in total. The number of nitrogens with zero attached hydrogens (tertiary/aromatic N) is 4. The smallest absolute Gasteiger partial charge is 0.244 e. The molecule has 1 aliphatic heterocycles. The van der Waals surface area contributed by atoms with Crippen molar-refractivity contribution in [3.63, 3.8) is 0 Å². The summed E-state index contributed by atoms with van der Waals surface area (Å²) in [5.41, 5.74) is 0. The van der Waals surface area contributed by atoms with E-state index in [0.717, 1.165) is 0 Å². The first-order chi connectivity index (χ1) is 11.0. The van der Waals surface area contributed by atoms with Crippen molar-refractivity contribution in [2.24, 2.45) is 5.92 Å². The second-order valence-corrected chi connectivity index (χ2v) is 7.55. The average molecular weight is 337 g/mol. The molecule has 23 heavy (non-hydrogen) atoms. The molecular formula is C14H19N5O3S. The van der Waals surface area contributed by atoms with E-state index in [0.29, 0.717) is 31.3 Å². The van der Waals surface area contributed by atoms with Crippen LogP contribution < -0.4 is 0 Å². The molecule has 0 saturated carbocycles. The number of H-pyrrole nitrogens is 1. The Morgan fingerprint density at radius 3 is 2.87 bits per heavy atom. The maximum absolute atomic E-state index is 12.8. The first-order valence-electron chi connectivity index (χ1n) is 7.30. The third-order valence-corrected chi connectivity index (χ3v) is 5.82. The summed E-state index contributed by atoms with van der Waals surface area (Å²) in [7, 11) is -1.96. The van der Waals surface area contributed by atoms with Gasteiger partial charge in [-0.1, -0.05) is 0 Å². The van der Waals surface area contributed by atoms with Crippen LogP contribution in [0.25, 0.3) is 0 Å². The summed E-state index contributed by atoms with van der Waals surface area (Å²) in [5.74, 6) is 1.27. The topological polar surface area (TPSA) is 101 Å². The molecule has 2 aromatic heterocycles. The predicted octanol–water partition coefficient (Wildman–Crippen LogP) is 0.559. The van der Waals surface area contributed by atoms with Crippen molar-refractivity contribution in [2.45, 2.75) is 17.7 Å². The van der Waals surface area contributed by atoms with Crippen LogP contribution in [0.2, 0.25) is 0 Å². The molecule has 0 aliphatic carbocycles. The van der Waals surface area contributed by atoms with Crippen LogP contribution in [-0.4, -0.2) is 59.7 Å². The van der Waals surface area contributed by atoms with E-state index in [9.17, 15) is 8.42 Å². The fourth-order valence-corrected chi connectivity index (χ4v) is 4.37. The number of rotatable bonds is 5. The van der Waals surface area contributed by atoms with Crippen LogP contribution >= 0.6 is 0 Å². The Morgan fingerprint density at radius 1 is 1.43 bits per heavy atom. The van der Waals surface area contributed by atoms with Gasteiger partial charge in [-0.2, -0.15) is 9.40 Å². The van der Waals surface area contributed by atoms with Crippen molar-refractivity contribution in [3.8, 4) is 0 Å². The summed E-state index contributed by atoms with van der Waals surface area (Å²) in [4.78, 5) is 8.45. The van der Waals surface area contributed by atoms with Gasteiger partial charge in [-0.25, -0.2) is 13.4 Å². The van der Waals surface area contributed by atoms with E-state index in [-0.39, 0.29) is 16.7 Å². The number of aromatic amines is 1. The molecular weight excluding hydrogens is 318 g/mol. The standard InChI is InChI=1S/C14H19N5O3S/c1-10-16-14(18-17-10)13-8-19(7-11(13)9-22-2)23(20,21)12-4-3-5-15-6-12/h3-6,11,13H,7-9H2,1-2H3,(H,16,17,18)/t11-,13+/m0/s1. The van der Waals surface area contributed by atoms with E-state index >= 15 is 0 Å². The van der Waals surface area contributed by atoms with E-state index < -0.39 is 10.0 Å². The Hall–Kier alpha value is -1.84. The van der Waals surface area contributed by atoms with E-state index in [1.807, 2.05) is 6.92 Å². The average Bonchev–Trinajstić information content (AvgIpc) is 3.15. The van der Waals surface area contributed by atoms with Crippen molar-refractivity contribution < 1.29 is 13.2 Å². The zero-order valence-electron chi connectivity index (χ0n) is 13.0. The third kappa shape index (κ3) is 3.12. The lowest BCUT2D eigenvalue weighted by Gasteiger charge is -2.15. The van der Waals surface area contributed by atoms with Gasteiger partial charge >= 0.3 is 0 Å². The highest BCUT2D eigenvalue weighted by Crippen LogP contribution is 2.34. The number of nitrogens with one attached hydrogen (secondary N) is 1. The molecule has 0 spiro atoms. The van der Waals surface area contributed by atoms with Crippen molar-refractivity contribution >= 4 is 10.0 Å². The van der Waals surface area contributed by atoms with E-state index in [1.54, 1.807) is 25.4 Å². The van der Waals surface area contributed by atoms with Gasteiger partial charge < -0.3 is 4.74 Å². The lowest BCUT2D eigenvalue weighted by molar-refractivity contribution is 0.150. The van der Waals surface area contributed by atoms with Gasteiger partial charge in [0.05, 0.1) is 6.61 Å². The molecule has 3 heterocycles. The van der Waals surface area contributed by atoms with Gasteiger partial charge in [-0.15, -0.1) is 0 Å². The van der Waals surface area contributed by atoms with E-state index in [2.05, 4.69) is 20.2 Å². The largest absolute Gasteiger partial charge is 0.384 e. The third-order valence-electron chi connectivity index (χ3n) is 4.01. The Kier molecular flexibility index (Phi) is 4.42. The highest BCUT2D eigenvalue weighted by Gasteiger charge is 2.41. The number of sulfonamides is 1. The number of ether oxygens (including phenoxy) is 1. The number of aromatic nitrogens is 4. The quantitative estimate of drug-likeness (QED) is 0.855. The van der Waals surface area contributed by atoms with Gasteiger partial charge in [0, 0.05) is 44.4 Å². The van der Waals surface area contributed by atoms with Gasteiger partial charge in [0.2, 0.25) is 10.0 Å². The number of hydrogen-bond donors (Lipinski definition) is 1. The molecule has 2 atom stereocenters. The highest BCUT2D eigenvalue weighted by molar-refractivity contribution is 7.89. The van der Waals surface area contributed by atoms with Crippen molar-refractivity contribution in [3.05, 3.63) is 36.2 Å². The van der Waals surface area contributed by atoms with Gasteiger partial charge in [-0.3, -0.25) is 10.1 Å². The van der Waals surface area contributed by atoms with Crippen LogP contribution in [0.5, 0.6) is 0 Å². The summed E-state index contributed by atoms with van der Waals surface area (Å²) in [5, 5.41) is 7.01. The second kappa shape index (κ2) is 6.34. The minimum absolute atomic E-state index is 0.0154. The van der Waals surface area contributed by atoms with Crippen LogP contribution in [0.15, 0.2) is 29.4 Å². The first kappa shape index (κ1) is 16.0. The lowest BCUT2D eigenvalue weighted by atomic mass is 9.96. The van der Waals surface area contributed by atoms with E-state index in [1.165, 1.54) is 10.5 Å². The summed E-state index contributed by atoms with van der Waals surface area (Å²) in [6.07, 6.45) is 2.92. The molecule has 124 valence electrons. The van der Waals surface area contributed by atoms with Crippen LogP contribution in [-0.2, 0) is 14.8 Å². The monoisotopic (exact) mass is 337 g/mol. The summed E-state index contributed by atoms with van der Waals surface area (Å²) in [6, 6.07) is 3.17. The maximum Gasteiger partial charge on any atom is 0.244 e. The van der Waals surface area contributed by atoms with Crippen molar-refractivity contribution in [1.29, 1.82) is 0 Å².